The van der Waals surface area contributed by atoms with Crippen LogP contribution in [0.4, 0.5) is 5.69 Å². The molecule has 0 saturated heterocycles. The van der Waals surface area contributed by atoms with Crippen molar-refractivity contribution in [1.29, 1.82) is 0 Å². The van der Waals surface area contributed by atoms with E-state index in [0.29, 0.717) is 0 Å². The van der Waals surface area contributed by atoms with E-state index in [1.54, 1.807) is 0 Å². The SMILES string of the molecule is CN1C=CCc2ccccc21.CN1CCc2ccccc2C1. The van der Waals surface area contributed by atoms with Gasteiger partial charge in [0.25, 0.3) is 0 Å². The van der Waals surface area contributed by atoms with Crippen LogP contribution >= 0.6 is 0 Å². The van der Waals surface area contributed by atoms with Crippen molar-refractivity contribution in [3.05, 3.63) is 77.5 Å². The number of anilines is 1. The zero-order valence-corrected chi connectivity index (χ0v) is 13.5. The van der Waals surface area contributed by atoms with Gasteiger partial charge in [-0.05, 0) is 42.6 Å². The van der Waals surface area contributed by atoms with Crippen LogP contribution in [-0.4, -0.2) is 25.5 Å². The maximum absolute atomic E-state index is 2.36. The topological polar surface area (TPSA) is 6.48 Å². The normalized spacial score (nSPS) is 16.4. The summed E-state index contributed by atoms with van der Waals surface area (Å²) in [6.45, 7) is 2.33. The number of hydrogen-bond acceptors (Lipinski definition) is 2. The van der Waals surface area contributed by atoms with Gasteiger partial charge in [-0.2, -0.15) is 0 Å². The molecule has 0 unspecified atom stereocenters. The van der Waals surface area contributed by atoms with Crippen LogP contribution in [0.1, 0.15) is 16.7 Å². The summed E-state index contributed by atoms with van der Waals surface area (Å²) in [6.07, 6.45) is 6.58. The maximum atomic E-state index is 2.36. The number of rotatable bonds is 0. The Balaban J connectivity index is 0.000000131. The van der Waals surface area contributed by atoms with Crippen molar-refractivity contribution >= 4 is 5.69 Å². The lowest BCUT2D eigenvalue weighted by molar-refractivity contribution is 0.313. The average molecular weight is 292 g/mol. The van der Waals surface area contributed by atoms with Gasteiger partial charge in [0.15, 0.2) is 0 Å². The van der Waals surface area contributed by atoms with E-state index < -0.39 is 0 Å². The number of likely N-dealkylation sites (N-methyl/N-ethyl adjacent to an activating group) is 1. The second-order valence-corrected chi connectivity index (χ2v) is 6.09. The minimum Gasteiger partial charge on any atom is -0.351 e. The molecule has 0 aliphatic carbocycles. The van der Waals surface area contributed by atoms with E-state index in [-0.39, 0.29) is 0 Å². The average Bonchev–Trinajstić information content (AvgIpc) is 2.56. The highest BCUT2D eigenvalue weighted by atomic mass is 15.1. The molecule has 2 aromatic carbocycles. The summed E-state index contributed by atoms with van der Waals surface area (Å²) in [5.41, 5.74) is 5.78. The molecule has 0 aromatic heterocycles. The number of benzene rings is 2. The van der Waals surface area contributed by atoms with Gasteiger partial charge in [0, 0.05) is 32.0 Å². The van der Waals surface area contributed by atoms with E-state index in [1.807, 2.05) is 0 Å². The predicted molar refractivity (Wildman–Crippen MR) is 94.2 cm³/mol. The molecular weight excluding hydrogens is 268 g/mol. The van der Waals surface area contributed by atoms with E-state index in [1.165, 1.54) is 35.3 Å². The van der Waals surface area contributed by atoms with Crippen LogP contribution in [0.2, 0.25) is 0 Å². The minimum absolute atomic E-state index is 1.07. The molecule has 4 rings (SSSR count). The molecule has 0 fully saturated rings. The van der Waals surface area contributed by atoms with Gasteiger partial charge in [-0.1, -0.05) is 48.5 Å². The zero-order valence-electron chi connectivity index (χ0n) is 13.5. The van der Waals surface area contributed by atoms with E-state index in [2.05, 4.69) is 84.7 Å². The lowest BCUT2D eigenvalue weighted by Gasteiger charge is -2.24. The molecule has 0 atom stereocenters. The van der Waals surface area contributed by atoms with Crippen LogP contribution in [0, 0.1) is 0 Å². The number of allylic oxidation sites excluding steroid dienone is 1. The summed E-state index contributed by atoms with van der Waals surface area (Å²) in [6, 6.07) is 17.2. The Morgan fingerprint density at radius 3 is 2.27 bits per heavy atom. The van der Waals surface area contributed by atoms with Crippen molar-refractivity contribution in [2.45, 2.75) is 19.4 Å². The fraction of sp³-hybridized carbons (Fsp3) is 0.300. The highest BCUT2D eigenvalue weighted by molar-refractivity contribution is 5.57. The van der Waals surface area contributed by atoms with Crippen molar-refractivity contribution in [2.24, 2.45) is 0 Å². The summed E-state index contributed by atoms with van der Waals surface area (Å²) < 4.78 is 0. The second-order valence-electron chi connectivity index (χ2n) is 6.09. The van der Waals surface area contributed by atoms with Gasteiger partial charge < -0.3 is 9.80 Å². The third-order valence-corrected chi connectivity index (χ3v) is 4.36. The molecule has 114 valence electrons. The Morgan fingerprint density at radius 1 is 0.818 bits per heavy atom. The highest BCUT2D eigenvalue weighted by Crippen LogP contribution is 2.23. The van der Waals surface area contributed by atoms with Crippen molar-refractivity contribution in [2.75, 3.05) is 25.5 Å². The number of hydrogen-bond donors (Lipinski definition) is 0. The first-order chi connectivity index (χ1) is 10.7. The van der Waals surface area contributed by atoms with Crippen LogP contribution in [0.15, 0.2) is 60.8 Å². The molecule has 0 amide bonds. The standard InChI is InChI=1S/C10H11N.C10H13N/c1-11-8-4-6-9-5-2-3-7-10(9)11;1-11-7-6-9-4-2-3-5-10(9)8-11/h2-5,7-8H,6H2,1H3;2-5H,6-8H2,1H3. The maximum Gasteiger partial charge on any atom is 0.0439 e. The minimum atomic E-state index is 1.07. The first-order valence-corrected chi connectivity index (χ1v) is 7.97. The van der Waals surface area contributed by atoms with Crippen LogP contribution < -0.4 is 4.90 Å². The molecule has 0 saturated carbocycles. The summed E-state index contributed by atoms with van der Waals surface area (Å²) >= 11 is 0. The molecule has 2 aromatic rings. The molecule has 0 radical (unpaired) electrons. The smallest absolute Gasteiger partial charge is 0.0439 e. The van der Waals surface area contributed by atoms with Crippen molar-refractivity contribution < 1.29 is 0 Å². The molecule has 2 aliphatic rings. The Morgan fingerprint density at radius 2 is 1.50 bits per heavy atom. The van der Waals surface area contributed by atoms with Crippen LogP contribution in [-0.2, 0) is 19.4 Å². The number of para-hydroxylation sites is 1. The molecule has 2 nitrogen and oxygen atoms in total. The number of nitrogens with zero attached hydrogens (tertiary/aromatic N) is 2. The van der Waals surface area contributed by atoms with Crippen LogP contribution in [0.25, 0.3) is 0 Å². The highest BCUT2D eigenvalue weighted by Gasteiger charge is 2.10. The molecule has 2 heterocycles. The van der Waals surface area contributed by atoms with Crippen molar-refractivity contribution in [3.63, 3.8) is 0 Å². The fourth-order valence-electron chi connectivity index (χ4n) is 3.08. The van der Waals surface area contributed by atoms with Gasteiger partial charge in [-0.15, -0.1) is 0 Å². The third-order valence-electron chi connectivity index (χ3n) is 4.36. The summed E-state index contributed by atoms with van der Waals surface area (Å²) in [4.78, 5) is 4.52. The van der Waals surface area contributed by atoms with Gasteiger partial charge in [0.1, 0.15) is 0 Å². The largest absolute Gasteiger partial charge is 0.351 e. The van der Waals surface area contributed by atoms with Crippen molar-refractivity contribution in [1.82, 2.24) is 4.90 Å². The van der Waals surface area contributed by atoms with E-state index in [4.69, 9.17) is 0 Å². The molecule has 0 spiro atoms. The van der Waals surface area contributed by atoms with Gasteiger partial charge in [-0.25, -0.2) is 0 Å². The zero-order chi connectivity index (χ0) is 15.4. The predicted octanol–water partition coefficient (Wildman–Crippen LogP) is 3.87. The van der Waals surface area contributed by atoms with Gasteiger partial charge in [-0.3, -0.25) is 0 Å². The number of fused-ring (bicyclic) bond motifs is 2. The molecule has 22 heavy (non-hydrogen) atoms. The van der Waals surface area contributed by atoms with E-state index in [9.17, 15) is 0 Å². The first kappa shape index (κ1) is 14.9. The van der Waals surface area contributed by atoms with Crippen LogP contribution in [0.3, 0.4) is 0 Å². The summed E-state index contributed by atoms with van der Waals surface area (Å²) in [7, 11) is 4.25. The lowest BCUT2D eigenvalue weighted by Crippen LogP contribution is -2.26. The Kier molecular flexibility index (Phi) is 4.59. The molecule has 2 heteroatoms. The quantitative estimate of drug-likeness (QED) is 0.727. The fourth-order valence-corrected chi connectivity index (χ4v) is 3.08. The molecule has 2 aliphatic heterocycles. The Bertz CT molecular complexity index is 660. The van der Waals surface area contributed by atoms with Gasteiger partial charge in [0.2, 0.25) is 0 Å². The third kappa shape index (κ3) is 3.40. The van der Waals surface area contributed by atoms with E-state index in [0.717, 1.165) is 13.0 Å². The lowest BCUT2D eigenvalue weighted by atomic mass is 10.0. The molecule has 0 N–H and O–H groups in total. The van der Waals surface area contributed by atoms with Gasteiger partial charge >= 0.3 is 0 Å². The van der Waals surface area contributed by atoms with Crippen molar-refractivity contribution in [3.8, 4) is 0 Å². The Hall–Kier alpha value is -2.06. The first-order valence-electron chi connectivity index (χ1n) is 7.97. The Labute approximate surface area is 133 Å². The molecular formula is C20H24N2. The summed E-state index contributed by atoms with van der Waals surface area (Å²) in [5, 5.41) is 0. The van der Waals surface area contributed by atoms with Crippen LogP contribution in [0.5, 0.6) is 0 Å². The summed E-state index contributed by atoms with van der Waals surface area (Å²) in [5.74, 6) is 0. The monoisotopic (exact) mass is 292 g/mol. The van der Waals surface area contributed by atoms with Gasteiger partial charge in [0.05, 0.1) is 0 Å². The second kappa shape index (κ2) is 6.80. The molecule has 0 bridgehead atoms. The van der Waals surface area contributed by atoms with E-state index >= 15 is 0 Å².